The van der Waals surface area contributed by atoms with E-state index in [1.54, 1.807) is 0 Å². The lowest BCUT2D eigenvalue weighted by molar-refractivity contribution is -0.134. The highest BCUT2D eigenvalue weighted by Gasteiger charge is 2.38. The Morgan fingerprint density at radius 1 is 1.23 bits per heavy atom. The number of aromatic amines is 1. The van der Waals surface area contributed by atoms with E-state index in [2.05, 4.69) is 15.3 Å². The number of H-pyrrole nitrogens is 1. The molecule has 2 atom stereocenters. The van der Waals surface area contributed by atoms with Crippen LogP contribution in [0, 0.1) is 23.4 Å². The van der Waals surface area contributed by atoms with Crippen LogP contribution in [0.2, 0.25) is 0 Å². The number of amides is 1. The molecule has 0 spiro atoms. The van der Waals surface area contributed by atoms with Gasteiger partial charge < -0.3 is 15.0 Å². The van der Waals surface area contributed by atoms with Crippen molar-refractivity contribution in [2.75, 3.05) is 13.2 Å². The van der Waals surface area contributed by atoms with Gasteiger partial charge in [0.25, 0.3) is 5.56 Å². The molecule has 0 bridgehead atoms. The predicted octanol–water partition coefficient (Wildman–Crippen LogP) is 1.57. The SMILES string of the molecule is C[C@H](NC(=O)[C@@H](C1COC1)n1c(=O)[nH]c2ccc(F)cc2c1=O)c1ncc(F)cc1F. The smallest absolute Gasteiger partial charge is 0.329 e. The molecule has 3 aromatic rings. The van der Waals surface area contributed by atoms with Crippen molar-refractivity contribution >= 4 is 16.8 Å². The number of carbonyl (C=O) groups is 1. The third-order valence-corrected chi connectivity index (χ3v) is 5.15. The minimum absolute atomic E-state index is 0.100. The van der Waals surface area contributed by atoms with E-state index in [4.69, 9.17) is 4.74 Å². The van der Waals surface area contributed by atoms with E-state index in [0.717, 1.165) is 18.3 Å². The normalized spacial score (nSPS) is 16.0. The zero-order chi connectivity index (χ0) is 22.3. The van der Waals surface area contributed by atoms with Crippen LogP contribution in [0.4, 0.5) is 13.2 Å². The first kappa shape index (κ1) is 20.8. The third kappa shape index (κ3) is 3.83. The number of nitrogens with one attached hydrogen (secondary N) is 2. The second-order valence-electron chi connectivity index (χ2n) is 7.29. The molecule has 162 valence electrons. The van der Waals surface area contributed by atoms with Crippen molar-refractivity contribution in [1.29, 1.82) is 0 Å². The number of hydrogen-bond acceptors (Lipinski definition) is 5. The van der Waals surface area contributed by atoms with Gasteiger partial charge in [0.1, 0.15) is 23.5 Å². The summed E-state index contributed by atoms with van der Waals surface area (Å²) in [4.78, 5) is 44.8. The van der Waals surface area contributed by atoms with Crippen LogP contribution in [0.15, 0.2) is 40.1 Å². The highest BCUT2D eigenvalue weighted by atomic mass is 19.1. The number of halogens is 3. The molecule has 1 aliphatic heterocycles. The fourth-order valence-electron chi connectivity index (χ4n) is 3.54. The van der Waals surface area contributed by atoms with Crippen LogP contribution in [0.3, 0.4) is 0 Å². The molecule has 11 heteroatoms. The molecule has 31 heavy (non-hydrogen) atoms. The highest BCUT2D eigenvalue weighted by molar-refractivity contribution is 5.82. The van der Waals surface area contributed by atoms with Crippen LogP contribution >= 0.6 is 0 Å². The molecule has 8 nitrogen and oxygen atoms in total. The molecule has 3 heterocycles. The number of rotatable bonds is 5. The van der Waals surface area contributed by atoms with Crippen LogP contribution in [0.25, 0.3) is 10.9 Å². The number of hydrogen-bond donors (Lipinski definition) is 2. The van der Waals surface area contributed by atoms with E-state index in [-0.39, 0.29) is 29.8 Å². The molecule has 1 saturated heterocycles. The summed E-state index contributed by atoms with van der Waals surface area (Å²) in [7, 11) is 0. The topological polar surface area (TPSA) is 106 Å². The molecule has 0 radical (unpaired) electrons. The van der Waals surface area contributed by atoms with Gasteiger partial charge in [0.2, 0.25) is 5.91 Å². The number of benzene rings is 1. The molecule has 2 N–H and O–H groups in total. The van der Waals surface area contributed by atoms with Gasteiger partial charge in [0, 0.05) is 12.0 Å². The summed E-state index contributed by atoms with van der Waals surface area (Å²) in [6.45, 7) is 1.66. The minimum atomic E-state index is -1.29. The first-order valence-corrected chi connectivity index (χ1v) is 9.39. The van der Waals surface area contributed by atoms with Crippen molar-refractivity contribution < 1.29 is 22.7 Å². The van der Waals surface area contributed by atoms with Gasteiger partial charge in [-0.1, -0.05) is 0 Å². The molecule has 1 aliphatic rings. The van der Waals surface area contributed by atoms with Crippen molar-refractivity contribution in [1.82, 2.24) is 19.9 Å². The molecule has 1 aromatic carbocycles. The van der Waals surface area contributed by atoms with E-state index in [1.807, 2.05) is 0 Å². The van der Waals surface area contributed by atoms with Crippen molar-refractivity contribution in [3.8, 4) is 0 Å². The number of fused-ring (bicyclic) bond motifs is 1. The number of ether oxygens (including phenoxy) is 1. The summed E-state index contributed by atoms with van der Waals surface area (Å²) in [5, 5.41) is 2.41. The van der Waals surface area contributed by atoms with Crippen LogP contribution in [-0.4, -0.2) is 33.7 Å². The standard InChI is InChI=1S/C20H17F3N4O4/c1-9(16-14(23)5-12(22)6-24-16)25-18(28)17(10-7-31-8-10)27-19(29)13-4-11(21)2-3-15(13)26-20(27)30/h2-6,9-10,17H,7-8H2,1H3,(H,25,28)(H,26,30)/t9-,17+/m0/s1. The van der Waals surface area contributed by atoms with E-state index < -0.39 is 52.6 Å². The maximum absolute atomic E-state index is 14.0. The summed E-state index contributed by atoms with van der Waals surface area (Å²) < 4.78 is 46.6. The third-order valence-electron chi connectivity index (χ3n) is 5.15. The van der Waals surface area contributed by atoms with E-state index >= 15 is 0 Å². The van der Waals surface area contributed by atoms with Crippen LogP contribution in [0.5, 0.6) is 0 Å². The van der Waals surface area contributed by atoms with E-state index in [9.17, 15) is 27.6 Å². The largest absolute Gasteiger partial charge is 0.380 e. The first-order chi connectivity index (χ1) is 14.8. The molecule has 1 amide bonds. The van der Waals surface area contributed by atoms with Crippen molar-refractivity contribution in [3.63, 3.8) is 0 Å². The summed E-state index contributed by atoms with van der Waals surface area (Å²) >= 11 is 0. The van der Waals surface area contributed by atoms with Gasteiger partial charge in [-0.2, -0.15) is 0 Å². The number of nitrogens with zero attached hydrogens (tertiary/aromatic N) is 2. The molecular formula is C20H17F3N4O4. The van der Waals surface area contributed by atoms with Crippen molar-refractivity contribution in [2.24, 2.45) is 5.92 Å². The van der Waals surface area contributed by atoms with Gasteiger partial charge in [-0.05, 0) is 25.1 Å². The zero-order valence-electron chi connectivity index (χ0n) is 16.2. The maximum atomic E-state index is 14.0. The lowest BCUT2D eigenvalue weighted by Gasteiger charge is -2.34. The number of pyridine rings is 1. The van der Waals surface area contributed by atoms with Gasteiger partial charge in [-0.15, -0.1) is 0 Å². The van der Waals surface area contributed by atoms with Crippen LogP contribution in [0.1, 0.15) is 24.7 Å². The molecular weight excluding hydrogens is 417 g/mol. The average molecular weight is 434 g/mol. The minimum Gasteiger partial charge on any atom is -0.380 e. The zero-order valence-corrected chi connectivity index (χ0v) is 16.2. The molecule has 4 rings (SSSR count). The molecule has 2 aromatic heterocycles. The molecule has 0 unspecified atom stereocenters. The van der Waals surface area contributed by atoms with Crippen molar-refractivity contribution in [3.05, 3.63) is 74.4 Å². The lowest BCUT2D eigenvalue weighted by Crippen LogP contribution is -2.52. The summed E-state index contributed by atoms with van der Waals surface area (Å²) in [5.41, 5.74) is -1.78. The van der Waals surface area contributed by atoms with Crippen molar-refractivity contribution in [2.45, 2.75) is 19.0 Å². The van der Waals surface area contributed by atoms with E-state index in [0.29, 0.717) is 10.6 Å². The van der Waals surface area contributed by atoms with Crippen LogP contribution < -0.4 is 16.6 Å². The summed E-state index contributed by atoms with van der Waals surface area (Å²) in [6, 6.07) is 1.68. The summed E-state index contributed by atoms with van der Waals surface area (Å²) in [6.07, 6.45) is 0.811. The Labute approximate surface area is 172 Å². The first-order valence-electron chi connectivity index (χ1n) is 9.39. The van der Waals surface area contributed by atoms with Gasteiger partial charge in [0.05, 0.1) is 42.0 Å². The highest BCUT2D eigenvalue weighted by Crippen LogP contribution is 2.25. The Hall–Kier alpha value is -3.47. The number of carbonyl (C=O) groups excluding carboxylic acids is 1. The Bertz CT molecular complexity index is 1290. The van der Waals surface area contributed by atoms with Gasteiger partial charge in [-0.25, -0.2) is 22.5 Å². The fourth-order valence-corrected chi connectivity index (χ4v) is 3.54. The quantitative estimate of drug-likeness (QED) is 0.634. The molecule has 0 saturated carbocycles. The monoisotopic (exact) mass is 434 g/mol. The second-order valence-corrected chi connectivity index (χ2v) is 7.29. The summed E-state index contributed by atoms with van der Waals surface area (Å²) in [5.74, 6) is -3.77. The average Bonchev–Trinajstić information content (AvgIpc) is 2.66. The maximum Gasteiger partial charge on any atom is 0.329 e. The Kier molecular flexibility index (Phi) is 5.36. The Morgan fingerprint density at radius 3 is 2.61 bits per heavy atom. The Balaban J connectivity index is 1.74. The van der Waals surface area contributed by atoms with Gasteiger partial charge in [-0.3, -0.25) is 14.6 Å². The van der Waals surface area contributed by atoms with Crippen LogP contribution in [-0.2, 0) is 9.53 Å². The van der Waals surface area contributed by atoms with E-state index in [1.165, 1.54) is 13.0 Å². The second kappa shape index (κ2) is 7.99. The molecule has 1 fully saturated rings. The van der Waals surface area contributed by atoms with Gasteiger partial charge in [0.15, 0.2) is 0 Å². The lowest BCUT2D eigenvalue weighted by atomic mass is 9.96. The molecule has 0 aliphatic carbocycles. The Morgan fingerprint density at radius 2 is 1.97 bits per heavy atom. The fraction of sp³-hybridized carbons (Fsp3) is 0.300. The number of aromatic nitrogens is 3. The van der Waals surface area contributed by atoms with Gasteiger partial charge >= 0.3 is 5.69 Å². The predicted molar refractivity (Wildman–Crippen MR) is 103 cm³/mol.